The first-order chi connectivity index (χ1) is 12.8. The molecule has 1 unspecified atom stereocenters. The summed E-state index contributed by atoms with van der Waals surface area (Å²) < 4.78 is 32.9. The Bertz CT molecular complexity index is 940. The fourth-order valence-corrected chi connectivity index (χ4v) is 5.08. The van der Waals surface area contributed by atoms with E-state index < -0.39 is 10.0 Å². The van der Waals surface area contributed by atoms with Gasteiger partial charge in [-0.15, -0.1) is 0 Å². The average Bonchev–Trinajstić information content (AvgIpc) is 3.08. The van der Waals surface area contributed by atoms with E-state index in [0.717, 1.165) is 24.9 Å². The normalized spacial score (nSPS) is 18.8. The maximum Gasteiger partial charge on any atom is 0.243 e. The molecule has 1 aliphatic rings. The highest BCUT2D eigenvalue weighted by molar-refractivity contribution is 7.89. The lowest BCUT2D eigenvalue weighted by atomic mass is 9.97. The topological polar surface area (TPSA) is 131 Å². The molecule has 3 rings (SSSR count). The molecule has 0 radical (unpaired) electrons. The first kappa shape index (κ1) is 19.7. The van der Waals surface area contributed by atoms with Crippen molar-refractivity contribution < 1.29 is 17.8 Å². The van der Waals surface area contributed by atoms with Gasteiger partial charge in [-0.05, 0) is 67.6 Å². The number of hydrogen-bond acceptors (Lipinski definition) is 7. The van der Waals surface area contributed by atoms with Crippen molar-refractivity contribution in [2.45, 2.75) is 38.0 Å². The molecule has 10 heteroatoms. The summed E-state index contributed by atoms with van der Waals surface area (Å²) in [5.74, 6) is -0.376. The predicted octanol–water partition coefficient (Wildman–Crippen LogP) is 0.705. The number of primary amides is 1. The Balaban J connectivity index is 1.61. The van der Waals surface area contributed by atoms with Gasteiger partial charge in [0.2, 0.25) is 15.9 Å². The van der Waals surface area contributed by atoms with E-state index in [2.05, 4.69) is 19.9 Å². The van der Waals surface area contributed by atoms with Crippen molar-refractivity contribution in [1.29, 1.82) is 0 Å². The number of benzene rings is 1. The highest BCUT2D eigenvalue weighted by Crippen LogP contribution is 2.26. The minimum absolute atomic E-state index is 0.108. The molecular formula is C17H25N5O4S. The number of carbonyl (C=O) groups excluding carboxylic acids is 1. The maximum absolute atomic E-state index is 12.8. The number of fused-ring (bicyclic) bond motifs is 1. The van der Waals surface area contributed by atoms with Gasteiger partial charge in [-0.2, -0.15) is 0 Å². The highest BCUT2D eigenvalue weighted by atomic mass is 32.2. The van der Waals surface area contributed by atoms with Gasteiger partial charge < -0.3 is 10.6 Å². The number of sulfonamides is 1. The zero-order valence-electron chi connectivity index (χ0n) is 15.6. The third-order valence-electron chi connectivity index (χ3n) is 4.99. The van der Waals surface area contributed by atoms with Crippen LogP contribution in [-0.2, 0) is 14.8 Å². The predicted molar refractivity (Wildman–Crippen MR) is 99.4 cm³/mol. The molecule has 1 fully saturated rings. The van der Waals surface area contributed by atoms with E-state index in [1.807, 2.05) is 6.92 Å². The van der Waals surface area contributed by atoms with Crippen LogP contribution in [0, 0.1) is 19.8 Å². The van der Waals surface area contributed by atoms with Crippen molar-refractivity contribution >= 4 is 27.0 Å². The molecule has 0 spiro atoms. The monoisotopic (exact) mass is 395 g/mol. The van der Waals surface area contributed by atoms with Crippen LogP contribution in [0.2, 0.25) is 0 Å². The lowest BCUT2D eigenvalue weighted by Crippen LogP contribution is -2.42. The number of piperidine rings is 1. The molecular weight excluding hydrogens is 370 g/mol. The Morgan fingerprint density at radius 3 is 2.81 bits per heavy atom. The number of aryl methyl sites for hydroxylation is 2. The van der Waals surface area contributed by atoms with E-state index >= 15 is 0 Å². The minimum Gasteiger partial charge on any atom is -0.369 e. The van der Waals surface area contributed by atoms with Gasteiger partial charge in [0, 0.05) is 13.1 Å². The van der Waals surface area contributed by atoms with Crippen molar-refractivity contribution in [3.8, 4) is 0 Å². The van der Waals surface area contributed by atoms with Crippen molar-refractivity contribution in [2.24, 2.45) is 11.7 Å². The second kappa shape index (κ2) is 7.91. The molecule has 148 valence electrons. The van der Waals surface area contributed by atoms with Crippen molar-refractivity contribution in [3.05, 3.63) is 17.2 Å². The zero-order valence-corrected chi connectivity index (χ0v) is 16.4. The zero-order chi connectivity index (χ0) is 19.6. The van der Waals surface area contributed by atoms with Gasteiger partial charge in [0.05, 0.1) is 5.92 Å². The van der Waals surface area contributed by atoms with Crippen LogP contribution in [0.4, 0.5) is 0 Å². The summed E-state index contributed by atoms with van der Waals surface area (Å²) in [7, 11) is -3.74. The van der Waals surface area contributed by atoms with E-state index in [1.165, 1.54) is 0 Å². The van der Waals surface area contributed by atoms with E-state index in [-0.39, 0.29) is 22.2 Å². The molecule has 0 bridgehead atoms. The largest absolute Gasteiger partial charge is 0.369 e. The minimum atomic E-state index is -3.74. The molecule has 1 saturated heterocycles. The van der Waals surface area contributed by atoms with Gasteiger partial charge in [-0.1, -0.05) is 6.07 Å². The smallest absolute Gasteiger partial charge is 0.243 e. The van der Waals surface area contributed by atoms with Gasteiger partial charge in [-0.25, -0.2) is 17.8 Å². The maximum atomic E-state index is 12.8. The summed E-state index contributed by atoms with van der Waals surface area (Å²) in [6.07, 6.45) is 2.39. The molecule has 9 nitrogen and oxygen atoms in total. The molecule has 2 heterocycles. The van der Waals surface area contributed by atoms with Gasteiger partial charge >= 0.3 is 0 Å². The van der Waals surface area contributed by atoms with Gasteiger partial charge in [0.15, 0.2) is 5.52 Å². The molecule has 0 saturated carbocycles. The van der Waals surface area contributed by atoms with Crippen LogP contribution in [0.25, 0.3) is 11.0 Å². The third kappa shape index (κ3) is 4.28. The SMILES string of the molecule is Cc1cc(C)c2nonc2c1S(=O)(=O)NCCCN1CCCC(C(N)=O)C1. The third-order valence-corrected chi connectivity index (χ3v) is 6.63. The molecule has 0 aliphatic carbocycles. The first-order valence-electron chi connectivity index (χ1n) is 9.03. The molecule has 3 N–H and O–H groups in total. The number of rotatable bonds is 7. The second-order valence-corrected chi connectivity index (χ2v) is 8.80. The van der Waals surface area contributed by atoms with Gasteiger partial charge in [-0.3, -0.25) is 4.79 Å². The number of nitrogens with zero attached hydrogens (tertiary/aromatic N) is 3. The average molecular weight is 395 g/mol. The molecule has 27 heavy (non-hydrogen) atoms. The molecule has 1 aromatic carbocycles. The summed E-state index contributed by atoms with van der Waals surface area (Å²) in [5, 5.41) is 7.57. The molecule has 1 aliphatic heterocycles. The fraction of sp³-hybridized carbons (Fsp3) is 0.588. The van der Waals surface area contributed by atoms with E-state index in [4.69, 9.17) is 10.4 Å². The van der Waals surface area contributed by atoms with Crippen LogP contribution >= 0.6 is 0 Å². The highest BCUT2D eigenvalue weighted by Gasteiger charge is 2.25. The number of aromatic nitrogens is 2. The number of nitrogens with two attached hydrogens (primary N) is 1. The summed E-state index contributed by atoms with van der Waals surface area (Å²) >= 11 is 0. The summed E-state index contributed by atoms with van der Waals surface area (Å²) in [6.45, 7) is 6.11. The fourth-order valence-electron chi connectivity index (χ4n) is 3.65. The molecule has 2 aromatic rings. The Labute approximate surface area is 158 Å². The Morgan fingerprint density at radius 2 is 2.07 bits per heavy atom. The number of hydrogen-bond donors (Lipinski definition) is 2. The summed E-state index contributed by atoms with van der Waals surface area (Å²) in [5.41, 5.74) is 7.51. The lowest BCUT2D eigenvalue weighted by Gasteiger charge is -2.31. The molecule has 1 atom stereocenters. The van der Waals surface area contributed by atoms with Crippen LogP contribution < -0.4 is 10.5 Å². The van der Waals surface area contributed by atoms with Crippen LogP contribution in [0.1, 0.15) is 30.4 Å². The number of nitrogens with one attached hydrogen (secondary N) is 1. The number of amides is 1. The Morgan fingerprint density at radius 1 is 1.33 bits per heavy atom. The molecule has 1 amide bonds. The van der Waals surface area contributed by atoms with Crippen LogP contribution in [0.3, 0.4) is 0 Å². The van der Waals surface area contributed by atoms with Crippen LogP contribution in [0.15, 0.2) is 15.6 Å². The van der Waals surface area contributed by atoms with Gasteiger partial charge in [0.25, 0.3) is 0 Å². The quantitative estimate of drug-likeness (QED) is 0.660. The Kier molecular flexibility index (Phi) is 5.78. The van der Waals surface area contributed by atoms with E-state index in [9.17, 15) is 13.2 Å². The number of likely N-dealkylation sites (tertiary alicyclic amines) is 1. The number of carbonyl (C=O) groups is 1. The lowest BCUT2D eigenvalue weighted by molar-refractivity contribution is -0.123. The van der Waals surface area contributed by atoms with Crippen molar-refractivity contribution in [3.63, 3.8) is 0 Å². The van der Waals surface area contributed by atoms with E-state index in [0.29, 0.717) is 37.1 Å². The van der Waals surface area contributed by atoms with Gasteiger partial charge in [0.1, 0.15) is 10.4 Å². The van der Waals surface area contributed by atoms with Crippen molar-refractivity contribution in [2.75, 3.05) is 26.2 Å². The first-order valence-corrected chi connectivity index (χ1v) is 10.5. The Hall–Kier alpha value is -2.04. The molecule has 1 aromatic heterocycles. The van der Waals surface area contributed by atoms with Crippen molar-refractivity contribution in [1.82, 2.24) is 19.9 Å². The van der Waals surface area contributed by atoms with E-state index in [1.54, 1.807) is 13.0 Å². The summed E-state index contributed by atoms with van der Waals surface area (Å²) in [6, 6.07) is 1.76. The standard InChI is InChI=1S/C17H25N5O4S/c1-11-9-12(2)16(15-14(11)20-26-21-15)27(24,25)19-6-4-8-22-7-3-5-13(10-22)17(18)23/h9,13,19H,3-8,10H2,1-2H3,(H2,18,23). The summed E-state index contributed by atoms with van der Waals surface area (Å²) in [4.78, 5) is 13.6. The van der Waals surface area contributed by atoms with Crippen LogP contribution in [-0.4, -0.2) is 55.7 Å². The van der Waals surface area contributed by atoms with Crippen LogP contribution in [0.5, 0.6) is 0 Å². The second-order valence-electron chi connectivity index (χ2n) is 7.09.